The van der Waals surface area contributed by atoms with Gasteiger partial charge in [0.2, 0.25) is 5.91 Å². The van der Waals surface area contributed by atoms with Crippen molar-refractivity contribution in [2.45, 2.75) is 31.5 Å². The topological polar surface area (TPSA) is 79.2 Å². The molecule has 2 aliphatic rings. The molecule has 4 rings (SSSR count). The van der Waals surface area contributed by atoms with Gasteiger partial charge in [-0.2, -0.15) is 13.2 Å². The fourth-order valence-corrected chi connectivity index (χ4v) is 3.79. The van der Waals surface area contributed by atoms with E-state index in [2.05, 4.69) is 10.7 Å². The first-order valence-corrected chi connectivity index (χ1v) is 9.89. The third kappa shape index (κ3) is 3.85. The summed E-state index contributed by atoms with van der Waals surface area (Å²) in [4.78, 5) is 12.3. The maximum absolute atomic E-state index is 15.6. The lowest BCUT2D eigenvalue weighted by Gasteiger charge is -2.28. The highest BCUT2D eigenvalue weighted by Gasteiger charge is 2.49. The number of hydrazine groups is 1. The van der Waals surface area contributed by atoms with Crippen molar-refractivity contribution in [2.24, 2.45) is 11.7 Å². The first-order chi connectivity index (χ1) is 14.6. The number of allylic oxidation sites excluding steroid dienone is 1. The van der Waals surface area contributed by atoms with Crippen LogP contribution in [-0.4, -0.2) is 18.6 Å². The zero-order valence-corrected chi connectivity index (χ0v) is 16.7. The van der Waals surface area contributed by atoms with Gasteiger partial charge in [-0.1, -0.05) is 30.3 Å². The molecule has 1 aliphatic heterocycles. The van der Waals surface area contributed by atoms with Crippen molar-refractivity contribution < 1.29 is 22.4 Å². The maximum atomic E-state index is 15.6. The third-order valence-electron chi connectivity index (χ3n) is 5.71. The van der Waals surface area contributed by atoms with Crippen LogP contribution in [0.1, 0.15) is 24.0 Å². The molecule has 1 unspecified atom stereocenters. The molecule has 1 heterocycles. The normalized spacial score (nSPS) is 20.9. The number of primary amides is 1. The number of hydrogen-bond donors (Lipinski definition) is 4. The van der Waals surface area contributed by atoms with E-state index >= 15 is 4.39 Å². The lowest BCUT2D eigenvalue weighted by Crippen LogP contribution is -2.52. The van der Waals surface area contributed by atoms with Crippen LogP contribution in [-0.2, 0) is 10.3 Å². The molecule has 2 aromatic rings. The molecule has 0 saturated heterocycles. The SMILES string of the molecule is Cc1c(F)c(C2(C(N)=O)C=C(C(F)(F)F)NN2)cc(NCC2CC2)c1-c1ccccc1. The monoisotopic (exact) mass is 434 g/mol. The summed E-state index contributed by atoms with van der Waals surface area (Å²) in [6.07, 6.45) is -2.00. The summed E-state index contributed by atoms with van der Waals surface area (Å²) in [6, 6.07) is 10.5. The summed E-state index contributed by atoms with van der Waals surface area (Å²) in [6.45, 7) is 2.18. The van der Waals surface area contributed by atoms with Gasteiger partial charge in [-0.3, -0.25) is 4.79 Å². The van der Waals surface area contributed by atoms with Crippen LogP contribution < -0.4 is 21.9 Å². The summed E-state index contributed by atoms with van der Waals surface area (Å²) in [5.41, 5.74) is 8.10. The minimum Gasteiger partial charge on any atom is -0.384 e. The quantitative estimate of drug-likeness (QED) is 0.521. The summed E-state index contributed by atoms with van der Waals surface area (Å²) >= 11 is 0. The van der Waals surface area contributed by atoms with E-state index in [1.807, 2.05) is 35.8 Å². The molecule has 1 aliphatic carbocycles. The highest BCUT2D eigenvalue weighted by Crippen LogP contribution is 2.42. The Kier molecular flexibility index (Phi) is 5.17. The average Bonchev–Trinajstić information content (AvgIpc) is 3.43. The van der Waals surface area contributed by atoms with Gasteiger partial charge in [0, 0.05) is 23.4 Å². The van der Waals surface area contributed by atoms with E-state index in [0.717, 1.165) is 18.4 Å². The first kappa shape index (κ1) is 21.2. The molecule has 1 saturated carbocycles. The largest absolute Gasteiger partial charge is 0.432 e. The Labute approximate surface area is 176 Å². The predicted molar refractivity (Wildman–Crippen MR) is 109 cm³/mol. The van der Waals surface area contributed by atoms with Gasteiger partial charge in [0.25, 0.3) is 0 Å². The maximum Gasteiger partial charge on any atom is 0.432 e. The fraction of sp³-hybridized carbons (Fsp3) is 0.318. The highest BCUT2D eigenvalue weighted by atomic mass is 19.4. The molecule has 0 radical (unpaired) electrons. The number of halogens is 4. The molecule has 5 N–H and O–H groups in total. The zero-order chi connectivity index (χ0) is 22.4. The molecule has 164 valence electrons. The van der Waals surface area contributed by atoms with E-state index < -0.39 is 29.1 Å². The summed E-state index contributed by atoms with van der Waals surface area (Å²) in [5, 5.41) is 3.29. The van der Waals surface area contributed by atoms with Crippen molar-refractivity contribution in [3.05, 3.63) is 65.1 Å². The van der Waals surface area contributed by atoms with Gasteiger partial charge in [-0.25, -0.2) is 9.82 Å². The lowest BCUT2D eigenvalue weighted by molar-refractivity contribution is -0.123. The van der Waals surface area contributed by atoms with Crippen LogP contribution in [0.3, 0.4) is 0 Å². The number of nitrogens with one attached hydrogen (secondary N) is 3. The number of carbonyl (C=O) groups is 1. The molecule has 1 amide bonds. The molecule has 1 atom stereocenters. The second-order valence-electron chi connectivity index (χ2n) is 7.95. The van der Waals surface area contributed by atoms with Gasteiger partial charge in [-0.05, 0) is 49.0 Å². The van der Waals surface area contributed by atoms with Crippen molar-refractivity contribution in [1.29, 1.82) is 0 Å². The van der Waals surface area contributed by atoms with Crippen LogP contribution in [0.2, 0.25) is 0 Å². The van der Waals surface area contributed by atoms with Gasteiger partial charge in [0.15, 0.2) is 5.54 Å². The predicted octanol–water partition coefficient (Wildman–Crippen LogP) is 3.86. The molecule has 0 aromatic heterocycles. The Morgan fingerprint density at radius 3 is 2.48 bits per heavy atom. The standard InChI is InChI=1S/C22H22F4N4O/c1-12-18(14-5-3-2-4-6-14)16(28-11-13-7-8-13)9-15(19(12)23)21(20(27)31)10-17(29-30-21)22(24,25)26/h2-6,9-10,13,28-30H,7-8,11H2,1H3,(H2,27,31). The van der Waals surface area contributed by atoms with E-state index in [-0.39, 0.29) is 11.1 Å². The molecule has 0 spiro atoms. The van der Waals surface area contributed by atoms with Gasteiger partial charge < -0.3 is 16.5 Å². The number of anilines is 1. The average molecular weight is 434 g/mol. The number of hydrogen-bond acceptors (Lipinski definition) is 4. The van der Waals surface area contributed by atoms with E-state index in [4.69, 9.17) is 5.73 Å². The Morgan fingerprint density at radius 1 is 1.26 bits per heavy atom. The van der Waals surface area contributed by atoms with Crippen LogP contribution in [0.15, 0.2) is 48.2 Å². The minimum atomic E-state index is -4.76. The molecular formula is C22H22F4N4O. The molecule has 31 heavy (non-hydrogen) atoms. The van der Waals surface area contributed by atoms with Crippen molar-refractivity contribution in [3.63, 3.8) is 0 Å². The van der Waals surface area contributed by atoms with Crippen LogP contribution in [0.25, 0.3) is 11.1 Å². The Hall–Kier alpha value is -3.07. The number of nitrogens with two attached hydrogens (primary N) is 1. The second-order valence-corrected chi connectivity index (χ2v) is 7.95. The van der Waals surface area contributed by atoms with E-state index in [1.165, 1.54) is 13.0 Å². The van der Waals surface area contributed by atoms with E-state index in [0.29, 0.717) is 29.8 Å². The first-order valence-electron chi connectivity index (χ1n) is 9.89. The lowest BCUT2D eigenvalue weighted by atomic mass is 9.84. The minimum absolute atomic E-state index is 0.207. The number of carbonyl (C=O) groups excluding carboxylic acids is 1. The van der Waals surface area contributed by atoms with Gasteiger partial charge in [-0.15, -0.1) is 0 Å². The molecule has 9 heteroatoms. The molecular weight excluding hydrogens is 412 g/mol. The van der Waals surface area contributed by atoms with Crippen LogP contribution >= 0.6 is 0 Å². The second kappa shape index (κ2) is 7.56. The third-order valence-corrected chi connectivity index (χ3v) is 5.71. The Morgan fingerprint density at radius 2 is 1.94 bits per heavy atom. The summed E-state index contributed by atoms with van der Waals surface area (Å²) in [7, 11) is 0. The van der Waals surface area contributed by atoms with Crippen LogP contribution in [0.4, 0.5) is 23.2 Å². The van der Waals surface area contributed by atoms with Gasteiger partial charge in [0.05, 0.1) is 0 Å². The molecule has 0 bridgehead atoms. The van der Waals surface area contributed by atoms with Crippen LogP contribution in [0, 0.1) is 18.7 Å². The van der Waals surface area contributed by atoms with Crippen molar-refractivity contribution in [1.82, 2.24) is 10.9 Å². The number of rotatable bonds is 6. The Balaban J connectivity index is 1.90. The summed E-state index contributed by atoms with van der Waals surface area (Å²) in [5.74, 6) is -1.47. The van der Waals surface area contributed by atoms with E-state index in [9.17, 15) is 18.0 Å². The molecule has 5 nitrogen and oxygen atoms in total. The fourth-order valence-electron chi connectivity index (χ4n) is 3.79. The van der Waals surface area contributed by atoms with Crippen molar-refractivity contribution in [2.75, 3.05) is 11.9 Å². The van der Waals surface area contributed by atoms with Crippen molar-refractivity contribution >= 4 is 11.6 Å². The van der Waals surface area contributed by atoms with Gasteiger partial charge >= 0.3 is 6.18 Å². The van der Waals surface area contributed by atoms with E-state index in [1.54, 1.807) is 0 Å². The number of alkyl halides is 3. The molecule has 2 aromatic carbocycles. The van der Waals surface area contributed by atoms with Gasteiger partial charge in [0.1, 0.15) is 11.5 Å². The van der Waals surface area contributed by atoms with Crippen LogP contribution in [0.5, 0.6) is 0 Å². The number of amides is 1. The Bertz CT molecular complexity index is 1050. The van der Waals surface area contributed by atoms with Crippen molar-refractivity contribution in [3.8, 4) is 11.1 Å². The number of benzene rings is 2. The highest BCUT2D eigenvalue weighted by molar-refractivity contribution is 5.91. The molecule has 1 fully saturated rings. The summed E-state index contributed by atoms with van der Waals surface area (Å²) < 4.78 is 55.3. The zero-order valence-electron chi connectivity index (χ0n) is 16.7. The smallest absolute Gasteiger partial charge is 0.384 e.